The fourth-order valence-electron chi connectivity index (χ4n) is 1.94. The van der Waals surface area contributed by atoms with E-state index in [0.717, 1.165) is 12.0 Å². The molecule has 0 saturated heterocycles. The quantitative estimate of drug-likeness (QED) is 0.872. The van der Waals surface area contributed by atoms with E-state index in [4.69, 9.17) is 0 Å². The highest BCUT2D eigenvalue weighted by molar-refractivity contribution is 5.92. The number of benzene rings is 1. The Labute approximate surface area is 118 Å². The van der Waals surface area contributed by atoms with Gasteiger partial charge in [0.1, 0.15) is 11.5 Å². The second-order valence-electron chi connectivity index (χ2n) is 4.34. The van der Waals surface area contributed by atoms with Crippen LogP contribution in [-0.4, -0.2) is 22.9 Å². The van der Waals surface area contributed by atoms with E-state index in [9.17, 15) is 4.79 Å². The maximum atomic E-state index is 12.0. The molecule has 2 aromatic rings. The number of carbonyl (C=O) groups is 1. The van der Waals surface area contributed by atoms with E-state index < -0.39 is 0 Å². The van der Waals surface area contributed by atoms with Gasteiger partial charge in [-0.1, -0.05) is 31.2 Å². The zero-order chi connectivity index (χ0) is 14.4. The predicted molar refractivity (Wildman–Crippen MR) is 78.6 cm³/mol. The van der Waals surface area contributed by atoms with Gasteiger partial charge in [-0.3, -0.25) is 9.78 Å². The lowest BCUT2D eigenvalue weighted by Gasteiger charge is -2.09. The van der Waals surface area contributed by atoms with Crippen LogP contribution in [0.2, 0.25) is 0 Å². The Bertz CT molecular complexity index is 598. The molecule has 0 saturated carbocycles. The summed E-state index contributed by atoms with van der Waals surface area (Å²) in [4.78, 5) is 20.2. The van der Waals surface area contributed by atoms with Gasteiger partial charge in [-0.15, -0.1) is 0 Å². The van der Waals surface area contributed by atoms with E-state index in [2.05, 4.69) is 33.6 Å². The molecule has 2 rings (SSSR count). The molecule has 0 radical (unpaired) electrons. The molecule has 0 unspecified atom stereocenters. The van der Waals surface area contributed by atoms with Crippen molar-refractivity contribution in [2.75, 3.05) is 12.4 Å². The lowest BCUT2D eigenvalue weighted by atomic mass is 10.1. The van der Waals surface area contributed by atoms with Crippen LogP contribution < -0.4 is 10.6 Å². The standard InChI is InChI=1S/C15H18N4O/c1-3-11-6-4-5-7-12(11)8-18-15(20)13-9-17-10-14(16-2)19-13/h4-7,9-10H,3,8H2,1-2H3,(H,16,19)(H,18,20). The van der Waals surface area contributed by atoms with E-state index in [1.165, 1.54) is 11.8 Å². The van der Waals surface area contributed by atoms with Crippen molar-refractivity contribution in [3.05, 3.63) is 53.5 Å². The number of nitrogens with zero attached hydrogens (tertiary/aromatic N) is 2. The molecule has 1 aromatic carbocycles. The van der Waals surface area contributed by atoms with Gasteiger partial charge in [0.25, 0.3) is 5.91 Å². The topological polar surface area (TPSA) is 66.9 Å². The fourth-order valence-corrected chi connectivity index (χ4v) is 1.94. The number of anilines is 1. The molecule has 0 aliphatic rings. The number of nitrogens with one attached hydrogen (secondary N) is 2. The number of aryl methyl sites for hydroxylation is 1. The average molecular weight is 270 g/mol. The summed E-state index contributed by atoms with van der Waals surface area (Å²) in [5.74, 6) is 0.354. The molecular formula is C15H18N4O. The molecule has 1 aromatic heterocycles. The zero-order valence-corrected chi connectivity index (χ0v) is 11.7. The Morgan fingerprint density at radius 3 is 2.65 bits per heavy atom. The number of hydrogen-bond acceptors (Lipinski definition) is 4. The highest BCUT2D eigenvalue weighted by Crippen LogP contribution is 2.09. The predicted octanol–water partition coefficient (Wildman–Crippen LogP) is 2.01. The van der Waals surface area contributed by atoms with E-state index in [0.29, 0.717) is 18.1 Å². The highest BCUT2D eigenvalue weighted by Gasteiger charge is 2.09. The van der Waals surface area contributed by atoms with Gasteiger partial charge in [-0.05, 0) is 17.5 Å². The number of aromatic nitrogens is 2. The maximum absolute atomic E-state index is 12.0. The molecule has 20 heavy (non-hydrogen) atoms. The minimum atomic E-state index is -0.222. The summed E-state index contributed by atoms with van der Waals surface area (Å²) >= 11 is 0. The van der Waals surface area contributed by atoms with Crippen LogP contribution in [0.25, 0.3) is 0 Å². The number of amides is 1. The van der Waals surface area contributed by atoms with Gasteiger partial charge in [0.2, 0.25) is 0 Å². The monoisotopic (exact) mass is 270 g/mol. The Balaban J connectivity index is 2.04. The molecule has 5 nitrogen and oxygen atoms in total. The van der Waals surface area contributed by atoms with Crippen molar-refractivity contribution in [2.24, 2.45) is 0 Å². The van der Waals surface area contributed by atoms with Crippen LogP contribution in [0.15, 0.2) is 36.7 Å². The van der Waals surface area contributed by atoms with Crippen LogP contribution in [0.5, 0.6) is 0 Å². The maximum Gasteiger partial charge on any atom is 0.271 e. The number of carbonyl (C=O) groups excluding carboxylic acids is 1. The highest BCUT2D eigenvalue weighted by atomic mass is 16.1. The summed E-state index contributed by atoms with van der Waals surface area (Å²) in [5.41, 5.74) is 2.68. The first-order valence-electron chi connectivity index (χ1n) is 6.59. The van der Waals surface area contributed by atoms with Crippen LogP contribution in [0, 0.1) is 0 Å². The molecule has 0 fully saturated rings. The van der Waals surface area contributed by atoms with Crippen molar-refractivity contribution < 1.29 is 4.79 Å². The third kappa shape index (κ3) is 3.32. The van der Waals surface area contributed by atoms with E-state index in [-0.39, 0.29) is 5.91 Å². The van der Waals surface area contributed by atoms with Crippen LogP contribution >= 0.6 is 0 Å². The summed E-state index contributed by atoms with van der Waals surface area (Å²) in [6, 6.07) is 8.08. The van der Waals surface area contributed by atoms with Crippen molar-refractivity contribution in [1.82, 2.24) is 15.3 Å². The van der Waals surface area contributed by atoms with Crippen molar-refractivity contribution in [1.29, 1.82) is 0 Å². The van der Waals surface area contributed by atoms with Crippen molar-refractivity contribution in [3.8, 4) is 0 Å². The van der Waals surface area contributed by atoms with Gasteiger partial charge >= 0.3 is 0 Å². The SMILES string of the molecule is CCc1ccccc1CNC(=O)c1cncc(NC)n1. The number of rotatable bonds is 5. The van der Waals surface area contributed by atoms with Crippen LogP contribution in [0.3, 0.4) is 0 Å². The molecule has 0 bridgehead atoms. The summed E-state index contributed by atoms with van der Waals surface area (Å²) in [6.07, 6.45) is 3.98. The minimum Gasteiger partial charge on any atom is -0.372 e. The third-order valence-electron chi connectivity index (χ3n) is 3.06. The first kappa shape index (κ1) is 14.0. The van der Waals surface area contributed by atoms with Gasteiger partial charge in [0.15, 0.2) is 0 Å². The van der Waals surface area contributed by atoms with Crippen molar-refractivity contribution in [2.45, 2.75) is 19.9 Å². The Kier molecular flexibility index (Phi) is 4.65. The average Bonchev–Trinajstić information content (AvgIpc) is 2.52. The van der Waals surface area contributed by atoms with E-state index >= 15 is 0 Å². The zero-order valence-electron chi connectivity index (χ0n) is 11.7. The minimum absolute atomic E-state index is 0.222. The molecule has 0 atom stereocenters. The molecular weight excluding hydrogens is 252 g/mol. The van der Waals surface area contributed by atoms with E-state index in [1.54, 1.807) is 13.2 Å². The fraction of sp³-hybridized carbons (Fsp3) is 0.267. The van der Waals surface area contributed by atoms with Crippen LogP contribution in [-0.2, 0) is 13.0 Å². The molecule has 5 heteroatoms. The third-order valence-corrected chi connectivity index (χ3v) is 3.06. The largest absolute Gasteiger partial charge is 0.372 e. The molecule has 0 spiro atoms. The normalized spacial score (nSPS) is 10.1. The molecule has 1 heterocycles. The summed E-state index contributed by atoms with van der Waals surface area (Å²) in [5, 5.41) is 5.73. The molecule has 0 aliphatic carbocycles. The van der Waals surface area contributed by atoms with E-state index in [1.807, 2.05) is 18.2 Å². The molecule has 2 N–H and O–H groups in total. The van der Waals surface area contributed by atoms with Crippen LogP contribution in [0.1, 0.15) is 28.5 Å². The smallest absolute Gasteiger partial charge is 0.271 e. The Hall–Kier alpha value is -2.43. The van der Waals surface area contributed by atoms with Gasteiger partial charge in [-0.25, -0.2) is 4.98 Å². The Morgan fingerprint density at radius 1 is 1.20 bits per heavy atom. The van der Waals surface area contributed by atoms with Gasteiger partial charge in [-0.2, -0.15) is 0 Å². The summed E-state index contributed by atoms with van der Waals surface area (Å²) < 4.78 is 0. The second-order valence-corrected chi connectivity index (χ2v) is 4.34. The first-order chi connectivity index (χ1) is 9.74. The van der Waals surface area contributed by atoms with Gasteiger partial charge in [0, 0.05) is 13.6 Å². The lowest BCUT2D eigenvalue weighted by molar-refractivity contribution is 0.0945. The lowest BCUT2D eigenvalue weighted by Crippen LogP contribution is -2.24. The molecule has 104 valence electrons. The Morgan fingerprint density at radius 2 is 1.95 bits per heavy atom. The molecule has 0 aliphatic heterocycles. The summed E-state index contributed by atoms with van der Waals surface area (Å²) in [7, 11) is 1.74. The summed E-state index contributed by atoms with van der Waals surface area (Å²) in [6.45, 7) is 2.59. The first-order valence-corrected chi connectivity index (χ1v) is 6.59. The molecule has 1 amide bonds. The second kappa shape index (κ2) is 6.65. The van der Waals surface area contributed by atoms with Crippen LogP contribution in [0.4, 0.5) is 5.82 Å². The van der Waals surface area contributed by atoms with Crippen molar-refractivity contribution in [3.63, 3.8) is 0 Å². The van der Waals surface area contributed by atoms with Crippen molar-refractivity contribution >= 4 is 11.7 Å². The van der Waals surface area contributed by atoms with Gasteiger partial charge < -0.3 is 10.6 Å². The van der Waals surface area contributed by atoms with Gasteiger partial charge in [0.05, 0.1) is 12.4 Å². The number of hydrogen-bond donors (Lipinski definition) is 2.